The van der Waals surface area contributed by atoms with Gasteiger partial charge in [0.2, 0.25) is 5.88 Å². The Morgan fingerprint density at radius 1 is 1.29 bits per heavy atom. The molecule has 0 atom stereocenters. The van der Waals surface area contributed by atoms with E-state index < -0.39 is 22.9 Å². The number of nitrogens with zero attached hydrogens (tertiary/aromatic N) is 2. The number of carbonyl (C=O) groups is 1. The van der Waals surface area contributed by atoms with E-state index in [1.165, 1.54) is 14.1 Å². The Hall–Kier alpha value is -1.56. The highest BCUT2D eigenvalue weighted by Gasteiger charge is 2.20. The van der Waals surface area contributed by atoms with Crippen LogP contribution in [0.25, 0.3) is 0 Å². The number of Topliss-reactive ketones (excluding diaryl/α,β-unsaturated/α-hetero) is 1. The van der Waals surface area contributed by atoms with Crippen LogP contribution in [0.4, 0.5) is 0 Å². The van der Waals surface area contributed by atoms with Crippen molar-refractivity contribution in [2.24, 2.45) is 14.1 Å². The summed E-state index contributed by atoms with van der Waals surface area (Å²) in [5.74, 6) is -0.824. The SMILES string of the molecule is Cn1c(O)c(C(=O)CCCCl)c(=O)n(C)c1=O. The molecule has 6 nitrogen and oxygen atoms in total. The first-order chi connectivity index (χ1) is 7.91. The number of aromatic nitrogens is 2. The van der Waals surface area contributed by atoms with E-state index >= 15 is 0 Å². The van der Waals surface area contributed by atoms with Crippen LogP contribution in [0.3, 0.4) is 0 Å². The van der Waals surface area contributed by atoms with Gasteiger partial charge in [0, 0.05) is 26.4 Å². The van der Waals surface area contributed by atoms with Crippen molar-refractivity contribution in [3.63, 3.8) is 0 Å². The van der Waals surface area contributed by atoms with Gasteiger partial charge >= 0.3 is 5.69 Å². The molecule has 17 heavy (non-hydrogen) atoms. The summed E-state index contributed by atoms with van der Waals surface area (Å²) in [7, 11) is 2.54. The Bertz CT molecular complexity index is 559. The van der Waals surface area contributed by atoms with Crippen molar-refractivity contribution >= 4 is 17.4 Å². The Labute approximate surface area is 102 Å². The zero-order valence-electron chi connectivity index (χ0n) is 9.57. The third kappa shape index (κ3) is 2.41. The number of hydrogen-bond acceptors (Lipinski definition) is 4. The lowest BCUT2D eigenvalue weighted by Crippen LogP contribution is -2.39. The Morgan fingerprint density at radius 3 is 2.41 bits per heavy atom. The van der Waals surface area contributed by atoms with Crippen LogP contribution in [-0.4, -0.2) is 25.9 Å². The highest BCUT2D eigenvalue weighted by Crippen LogP contribution is 2.12. The minimum atomic E-state index is -0.787. The quantitative estimate of drug-likeness (QED) is 0.610. The molecule has 0 unspecified atom stereocenters. The molecule has 0 aliphatic rings. The molecular formula is C10H13ClN2O4. The monoisotopic (exact) mass is 260 g/mol. The molecule has 1 aromatic heterocycles. The van der Waals surface area contributed by atoms with Crippen LogP contribution in [0.5, 0.6) is 5.88 Å². The Kier molecular flexibility index (Phi) is 4.11. The Morgan fingerprint density at radius 2 is 1.88 bits per heavy atom. The number of carbonyl (C=O) groups excluding carboxylic acids is 1. The van der Waals surface area contributed by atoms with Gasteiger partial charge in [0.05, 0.1) is 0 Å². The fourth-order valence-corrected chi connectivity index (χ4v) is 1.56. The highest BCUT2D eigenvalue weighted by atomic mass is 35.5. The summed E-state index contributed by atoms with van der Waals surface area (Å²) in [6, 6.07) is 0. The van der Waals surface area contributed by atoms with Crippen molar-refractivity contribution in [2.75, 3.05) is 5.88 Å². The number of rotatable bonds is 4. The van der Waals surface area contributed by atoms with Gasteiger partial charge in [-0.1, -0.05) is 0 Å². The van der Waals surface area contributed by atoms with Crippen LogP contribution >= 0.6 is 11.6 Å². The van der Waals surface area contributed by atoms with E-state index in [0.29, 0.717) is 12.3 Å². The third-order valence-corrected chi connectivity index (χ3v) is 2.72. The topological polar surface area (TPSA) is 81.3 Å². The molecule has 1 aromatic rings. The number of halogens is 1. The molecule has 7 heteroatoms. The molecular weight excluding hydrogens is 248 g/mol. The molecule has 0 saturated carbocycles. The smallest absolute Gasteiger partial charge is 0.333 e. The maximum absolute atomic E-state index is 11.7. The molecule has 0 aromatic carbocycles. The van der Waals surface area contributed by atoms with Crippen LogP contribution in [0.1, 0.15) is 23.2 Å². The van der Waals surface area contributed by atoms with Crippen molar-refractivity contribution in [3.8, 4) is 5.88 Å². The summed E-state index contributed by atoms with van der Waals surface area (Å²) in [4.78, 5) is 34.8. The van der Waals surface area contributed by atoms with E-state index in [4.69, 9.17) is 11.6 Å². The second-order valence-electron chi connectivity index (χ2n) is 3.62. The largest absolute Gasteiger partial charge is 0.494 e. The van der Waals surface area contributed by atoms with Gasteiger partial charge in [0.15, 0.2) is 5.78 Å². The van der Waals surface area contributed by atoms with Crippen molar-refractivity contribution in [1.82, 2.24) is 9.13 Å². The average molecular weight is 261 g/mol. The molecule has 0 saturated heterocycles. The molecule has 0 fully saturated rings. The second-order valence-corrected chi connectivity index (χ2v) is 4.00. The highest BCUT2D eigenvalue weighted by molar-refractivity contribution is 6.18. The van der Waals surface area contributed by atoms with Crippen molar-refractivity contribution < 1.29 is 9.90 Å². The maximum atomic E-state index is 11.7. The van der Waals surface area contributed by atoms with Crippen molar-refractivity contribution in [3.05, 3.63) is 26.4 Å². The first kappa shape index (κ1) is 13.5. The van der Waals surface area contributed by atoms with E-state index in [0.717, 1.165) is 9.13 Å². The van der Waals surface area contributed by atoms with Crippen molar-refractivity contribution in [2.45, 2.75) is 12.8 Å². The van der Waals surface area contributed by atoms with E-state index in [2.05, 4.69) is 0 Å². The number of alkyl halides is 1. The zero-order valence-corrected chi connectivity index (χ0v) is 10.3. The van der Waals surface area contributed by atoms with Crippen LogP contribution in [0.2, 0.25) is 0 Å². The second kappa shape index (κ2) is 5.18. The molecule has 0 radical (unpaired) electrons. The van der Waals surface area contributed by atoms with Crippen LogP contribution < -0.4 is 11.2 Å². The normalized spacial score (nSPS) is 10.5. The molecule has 0 aliphatic heterocycles. The van der Waals surface area contributed by atoms with E-state index in [9.17, 15) is 19.5 Å². The third-order valence-electron chi connectivity index (χ3n) is 2.45. The summed E-state index contributed by atoms with van der Waals surface area (Å²) in [6.45, 7) is 0. The summed E-state index contributed by atoms with van der Waals surface area (Å²) < 4.78 is 1.64. The molecule has 1 heterocycles. The first-order valence-corrected chi connectivity index (χ1v) is 5.53. The van der Waals surface area contributed by atoms with Crippen molar-refractivity contribution in [1.29, 1.82) is 0 Å². The first-order valence-electron chi connectivity index (χ1n) is 5.00. The predicted molar refractivity (Wildman–Crippen MR) is 62.9 cm³/mol. The molecule has 1 rings (SSSR count). The summed E-state index contributed by atoms with van der Waals surface area (Å²) >= 11 is 5.45. The minimum Gasteiger partial charge on any atom is -0.494 e. The molecule has 0 aliphatic carbocycles. The van der Waals surface area contributed by atoms with Gasteiger partial charge in [-0.3, -0.25) is 18.7 Å². The lowest BCUT2D eigenvalue weighted by molar-refractivity contribution is 0.0975. The standard InChI is InChI=1S/C10H13ClN2O4/c1-12-8(15)7(6(14)4-3-5-11)9(16)13(2)10(12)17/h15H,3-5H2,1-2H3. The van der Waals surface area contributed by atoms with E-state index in [1.807, 2.05) is 0 Å². The molecule has 94 valence electrons. The number of ketones is 1. The lowest BCUT2D eigenvalue weighted by Gasteiger charge is -2.08. The number of hydrogen-bond donors (Lipinski definition) is 1. The van der Waals surface area contributed by atoms with Gasteiger partial charge in [-0.05, 0) is 6.42 Å². The fourth-order valence-electron chi connectivity index (χ4n) is 1.43. The molecule has 1 N–H and O–H groups in total. The summed E-state index contributed by atoms with van der Waals surface area (Å²) in [5, 5.41) is 9.65. The van der Waals surface area contributed by atoms with E-state index in [-0.39, 0.29) is 12.0 Å². The fraction of sp³-hybridized carbons (Fsp3) is 0.500. The zero-order chi connectivity index (χ0) is 13.2. The van der Waals surface area contributed by atoms with Crippen LogP contribution in [-0.2, 0) is 14.1 Å². The lowest BCUT2D eigenvalue weighted by atomic mass is 10.1. The molecule has 0 spiro atoms. The predicted octanol–water partition coefficient (Wildman–Crippen LogP) is -0.00870. The van der Waals surface area contributed by atoms with Gasteiger partial charge in [0.1, 0.15) is 5.56 Å². The van der Waals surface area contributed by atoms with Crippen LogP contribution in [0, 0.1) is 0 Å². The van der Waals surface area contributed by atoms with Gasteiger partial charge in [-0.25, -0.2) is 4.79 Å². The van der Waals surface area contributed by atoms with Gasteiger partial charge in [0.25, 0.3) is 5.56 Å². The Balaban J connectivity index is 3.40. The van der Waals surface area contributed by atoms with E-state index in [1.54, 1.807) is 0 Å². The number of aromatic hydroxyl groups is 1. The molecule has 0 bridgehead atoms. The molecule has 0 amide bonds. The minimum absolute atomic E-state index is 0.0600. The van der Waals surface area contributed by atoms with Gasteiger partial charge in [-0.15, -0.1) is 11.6 Å². The summed E-state index contributed by atoms with van der Waals surface area (Å²) in [5.41, 5.74) is -1.83. The van der Waals surface area contributed by atoms with Gasteiger partial charge < -0.3 is 5.11 Å². The average Bonchev–Trinajstić information content (AvgIpc) is 2.31. The maximum Gasteiger partial charge on any atom is 0.333 e. The summed E-state index contributed by atoms with van der Waals surface area (Å²) in [6.07, 6.45) is 0.469. The van der Waals surface area contributed by atoms with Gasteiger partial charge in [-0.2, -0.15) is 0 Å². The van der Waals surface area contributed by atoms with Crippen LogP contribution in [0.15, 0.2) is 9.59 Å².